The van der Waals surface area contributed by atoms with E-state index in [1.807, 2.05) is 0 Å². The summed E-state index contributed by atoms with van der Waals surface area (Å²) in [6.07, 6.45) is 7.51. The fourth-order valence-electron chi connectivity index (χ4n) is 4.09. The van der Waals surface area contributed by atoms with Crippen LogP contribution in [0.25, 0.3) is 10.8 Å². The molecule has 0 amide bonds. The van der Waals surface area contributed by atoms with Crippen molar-refractivity contribution in [2.45, 2.75) is 58.4 Å². The number of ether oxygens (including phenoxy) is 1. The predicted octanol–water partition coefficient (Wildman–Crippen LogP) is 5.22. The molecule has 0 radical (unpaired) electrons. The fraction of sp³-hybridized carbons (Fsp3) is 0.545. The molecule has 2 heteroatoms. The van der Waals surface area contributed by atoms with Crippen molar-refractivity contribution in [3.05, 3.63) is 41.5 Å². The van der Waals surface area contributed by atoms with Crippen LogP contribution < -0.4 is 4.74 Å². The van der Waals surface area contributed by atoms with E-state index >= 15 is 0 Å². The lowest BCUT2D eigenvalue weighted by Crippen LogP contribution is -2.41. The van der Waals surface area contributed by atoms with Crippen LogP contribution in [-0.2, 0) is 12.8 Å². The van der Waals surface area contributed by atoms with Gasteiger partial charge in [-0.15, -0.1) is 0 Å². The van der Waals surface area contributed by atoms with Gasteiger partial charge in [-0.25, -0.2) is 0 Å². The highest BCUT2D eigenvalue weighted by atomic mass is 16.5. The second kappa shape index (κ2) is 8.02. The molecule has 130 valence electrons. The maximum absolute atomic E-state index is 5.58. The molecule has 0 heterocycles. The summed E-state index contributed by atoms with van der Waals surface area (Å²) >= 11 is 0. The number of nitrogens with zero attached hydrogens (tertiary/aromatic N) is 1. The Balaban J connectivity index is 1.90. The van der Waals surface area contributed by atoms with Crippen molar-refractivity contribution in [1.29, 1.82) is 0 Å². The van der Waals surface area contributed by atoms with E-state index < -0.39 is 0 Å². The van der Waals surface area contributed by atoms with Gasteiger partial charge < -0.3 is 4.74 Å². The first-order valence-electron chi connectivity index (χ1n) is 9.60. The molecular formula is C22H31NO. The predicted molar refractivity (Wildman–Crippen MR) is 103 cm³/mol. The highest BCUT2D eigenvalue weighted by Gasteiger charge is 2.25. The number of benzene rings is 2. The van der Waals surface area contributed by atoms with Crippen LogP contribution in [0.1, 0.15) is 50.7 Å². The maximum Gasteiger partial charge on any atom is 0.126 e. The van der Waals surface area contributed by atoms with E-state index in [1.165, 1.54) is 73.5 Å². The molecule has 0 fully saturated rings. The SMILES string of the molecule is CCCCN(CCCC)C1Cc2cccc3c(OC)ccc(c23)C1. The molecule has 0 bridgehead atoms. The van der Waals surface area contributed by atoms with Crippen molar-refractivity contribution < 1.29 is 4.74 Å². The van der Waals surface area contributed by atoms with Crippen LogP contribution >= 0.6 is 0 Å². The number of unbranched alkanes of at least 4 members (excludes halogenated alkanes) is 2. The standard InChI is InChI=1S/C22H31NO/c1-4-6-13-23(14-7-5-2)19-15-17-9-8-10-20-21(24-3)12-11-18(16-19)22(17)20/h8-12,19H,4-7,13-16H2,1-3H3. The third-order valence-electron chi connectivity index (χ3n) is 5.42. The summed E-state index contributed by atoms with van der Waals surface area (Å²) < 4.78 is 5.58. The van der Waals surface area contributed by atoms with Crippen molar-refractivity contribution in [1.82, 2.24) is 4.90 Å². The van der Waals surface area contributed by atoms with Gasteiger partial charge in [-0.1, -0.05) is 51.0 Å². The summed E-state index contributed by atoms with van der Waals surface area (Å²) in [7, 11) is 1.77. The molecule has 24 heavy (non-hydrogen) atoms. The van der Waals surface area contributed by atoms with E-state index in [0.717, 1.165) is 5.75 Å². The Morgan fingerprint density at radius 1 is 0.958 bits per heavy atom. The van der Waals surface area contributed by atoms with E-state index in [-0.39, 0.29) is 0 Å². The largest absolute Gasteiger partial charge is 0.496 e. The van der Waals surface area contributed by atoms with Crippen LogP contribution in [0.5, 0.6) is 5.75 Å². The molecule has 3 rings (SSSR count). The second-order valence-corrected chi connectivity index (χ2v) is 7.07. The Bertz CT molecular complexity index is 659. The van der Waals surface area contributed by atoms with Gasteiger partial charge in [0.15, 0.2) is 0 Å². The van der Waals surface area contributed by atoms with Gasteiger partial charge in [0.1, 0.15) is 5.75 Å². The van der Waals surface area contributed by atoms with Gasteiger partial charge in [-0.3, -0.25) is 4.90 Å². The highest BCUT2D eigenvalue weighted by Crippen LogP contribution is 2.36. The van der Waals surface area contributed by atoms with E-state index in [0.29, 0.717) is 6.04 Å². The van der Waals surface area contributed by atoms with Gasteiger partial charge >= 0.3 is 0 Å². The van der Waals surface area contributed by atoms with E-state index in [4.69, 9.17) is 4.74 Å². The molecule has 1 atom stereocenters. The zero-order valence-corrected chi connectivity index (χ0v) is 15.5. The Labute approximate surface area is 146 Å². The number of methoxy groups -OCH3 is 1. The van der Waals surface area contributed by atoms with Gasteiger partial charge in [0.25, 0.3) is 0 Å². The van der Waals surface area contributed by atoms with Crippen molar-refractivity contribution >= 4 is 10.8 Å². The van der Waals surface area contributed by atoms with Gasteiger partial charge in [-0.2, -0.15) is 0 Å². The van der Waals surface area contributed by atoms with E-state index in [9.17, 15) is 0 Å². The summed E-state index contributed by atoms with van der Waals surface area (Å²) in [6, 6.07) is 11.8. The van der Waals surface area contributed by atoms with Crippen molar-refractivity contribution in [3.8, 4) is 5.75 Å². The van der Waals surface area contributed by atoms with Crippen molar-refractivity contribution in [2.75, 3.05) is 20.2 Å². The lowest BCUT2D eigenvalue weighted by atomic mass is 9.84. The molecule has 2 aromatic carbocycles. The third-order valence-corrected chi connectivity index (χ3v) is 5.42. The number of hydrogen-bond acceptors (Lipinski definition) is 2. The highest BCUT2D eigenvalue weighted by molar-refractivity contribution is 5.94. The lowest BCUT2D eigenvalue weighted by molar-refractivity contribution is 0.185. The average molecular weight is 325 g/mol. The summed E-state index contributed by atoms with van der Waals surface area (Å²) in [6.45, 7) is 7.06. The summed E-state index contributed by atoms with van der Waals surface area (Å²) in [5.41, 5.74) is 2.99. The van der Waals surface area contributed by atoms with Crippen LogP contribution in [0, 0.1) is 0 Å². The quantitative estimate of drug-likeness (QED) is 0.660. The topological polar surface area (TPSA) is 12.5 Å². The molecule has 0 saturated carbocycles. The Kier molecular flexibility index (Phi) is 5.78. The van der Waals surface area contributed by atoms with Crippen molar-refractivity contribution in [2.24, 2.45) is 0 Å². The molecule has 1 aliphatic rings. The first kappa shape index (κ1) is 17.3. The zero-order valence-electron chi connectivity index (χ0n) is 15.5. The fourth-order valence-corrected chi connectivity index (χ4v) is 4.09. The molecule has 0 spiro atoms. The van der Waals surface area contributed by atoms with Crippen LogP contribution in [0.4, 0.5) is 0 Å². The van der Waals surface area contributed by atoms with Gasteiger partial charge in [0.05, 0.1) is 7.11 Å². The van der Waals surface area contributed by atoms with Gasteiger partial charge in [0, 0.05) is 11.4 Å². The minimum atomic E-state index is 0.648. The van der Waals surface area contributed by atoms with Crippen molar-refractivity contribution in [3.63, 3.8) is 0 Å². The smallest absolute Gasteiger partial charge is 0.126 e. The molecular weight excluding hydrogens is 294 g/mol. The first-order chi connectivity index (χ1) is 11.8. The second-order valence-electron chi connectivity index (χ2n) is 7.07. The Hall–Kier alpha value is -1.54. The van der Waals surface area contributed by atoms with E-state index in [1.54, 1.807) is 7.11 Å². The third kappa shape index (κ3) is 3.44. The molecule has 2 nitrogen and oxygen atoms in total. The lowest BCUT2D eigenvalue weighted by Gasteiger charge is -2.35. The molecule has 0 aromatic heterocycles. The molecule has 2 aromatic rings. The van der Waals surface area contributed by atoms with Crippen LogP contribution in [0.15, 0.2) is 30.3 Å². The summed E-state index contributed by atoms with van der Waals surface area (Å²) in [4.78, 5) is 2.75. The number of hydrogen-bond donors (Lipinski definition) is 0. The maximum atomic E-state index is 5.58. The average Bonchev–Trinajstić information content (AvgIpc) is 2.62. The Morgan fingerprint density at radius 2 is 1.62 bits per heavy atom. The summed E-state index contributed by atoms with van der Waals surface area (Å²) in [5, 5.41) is 2.72. The van der Waals surface area contributed by atoms with E-state index in [2.05, 4.69) is 49.1 Å². The minimum absolute atomic E-state index is 0.648. The monoisotopic (exact) mass is 325 g/mol. The van der Waals surface area contributed by atoms with Crippen LogP contribution in [0.3, 0.4) is 0 Å². The molecule has 1 aliphatic carbocycles. The normalized spacial score (nSPS) is 16.8. The molecule has 0 aliphatic heterocycles. The zero-order chi connectivity index (χ0) is 16.9. The molecule has 1 unspecified atom stereocenters. The first-order valence-corrected chi connectivity index (χ1v) is 9.60. The van der Waals surface area contributed by atoms with Crippen LogP contribution in [-0.4, -0.2) is 31.1 Å². The summed E-state index contributed by atoms with van der Waals surface area (Å²) in [5.74, 6) is 1.00. The molecule has 0 N–H and O–H groups in total. The molecule has 0 saturated heterocycles. The minimum Gasteiger partial charge on any atom is -0.496 e. The van der Waals surface area contributed by atoms with Gasteiger partial charge in [-0.05, 0) is 61.4 Å². The number of rotatable bonds is 8. The Morgan fingerprint density at radius 3 is 2.25 bits per heavy atom. The van der Waals surface area contributed by atoms with Gasteiger partial charge in [0.2, 0.25) is 0 Å². The van der Waals surface area contributed by atoms with Crippen LogP contribution in [0.2, 0.25) is 0 Å².